The maximum atomic E-state index is 12.0. The van der Waals surface area contributed by atoms with E-state index in [-0.39, 0.29) is 30.2 Å². The molecule has 20 heavy (non-hydrogen) atoms. The predicted octanol–water partition coefficient (Wildman–Crippen LogP) is 2.48. The van der Waals surface area contributed by atoms with Gasteiger partial charge < -0.3 is 18.9 Å². The van der Waals surface area contributed by atoms with Crippen LogP contribution in [-0.4, -0.2) is 37.4 Å². The molecule has 0 saturated carbocycles. The Hall–Kier alpha value is -0.650. The molecule has 0 amide bonds. The van der Waals surface area contributed by atoms with Crippen LogP contribution >= 0.6 is 0 Å². The fraction of sp³-hybridized carbons (Fsp3) is 0.933. The molecular weight excluding hydrogens is 260 g/mol. The lowest BCUT2D eigenvalue weighted by Crippen LogP contribution is -2.54. The summed E-state index contributed by atoms with van der Waals surface area (Å²) >= 11 is 0. The zero-order valence-electron chi connectivity index (χ0n) is 13.3. The Morgan fingerprint density at radius 2 is 1.65 bits per heavy atom. The summed E-state index contributed by atoms with van der Waals surface area (Å²) < 4.78 is 22.9. The number of carbonyl (C=O) groups excluding carboxylic acids is 1. The number of hydrogen-bond donors (Lipinski definition) is 0. The van der Waals surface area contributed by atoms with E-state index in [1.54, 1.807) is 0 Å². The summed E-state index contributed by atoms with van der Waals surface area (Å²) in [4.78, 5) is 12.0. The molecule has 0 bridgehead atoms. The van der Waals surface area contributed by atoms with Crippen molar-refractivity contribution in [3.63, 3.8) is 0 Å². The normalized spacial score (nSPS) is 37.1. The average Bonchev–Trinajstić information content (AvgIpc) is 2.67. The molecule has 1 spiro atoms. The molecule has 2 aliphatic heterocycles. The Bertz CT molecular complexity index is 368. The molecular formula is C15H26O5. The largest absolute Gasteiger partial charge is 0.469 e. The first-order valence-electron chi connectivity index (χ1n) is 7.35. The van der Waals surface area contributed by atoms with Crippen LogP contribution in [0.3, 0.4) is 0 Å². The van der Waals surface area contributed by atoms with E-state index in [1.807, 2.05) is 27.7 Å². The van der Waals surface area contributed by atoms with Gasteiger partial charge in [0.1, 0.15) is 0 Å². The van der Waals surface area contributed by atoms with Crippen LogP contribution in [0.4, 0.5) is 0 Å². The molecule has 5 nitrogen and oxygen atoms in total. The predicted molar refractivity (Wildman–Crippen MR) is 72.9 cm³/mol. The van der Waals surface area contributed by atoms with Crippen LogP contribution in [0.25, 0.3) is 0 Å². The molecule has 0 unspecified atom stereocenters. The number of ether oxygens (including phenoxy) is 4. The van der Waals surface area contributed by atoms with E-state index in [2.05, 4.69) is 6.92 Å². The van der Waals surface area contributed by atoms with E-state index in [0.717, 1.165) is 12.8 Å². The van der Waals surface area contributed by atoms with Crippen LogP contribution in [0, 0.1) is 11.3 Å². The summed E-state index contributed by atoms with van der Waals surface area (Å²) in [5.41, 5.74) is -0.719. The quantitative estimate of drug-likeness (QED) is 0.730. The van der Waals surface area contributed by atoms with Crippen molar-refractivity contribution >= 4 is 5.97 Å². The molecule has 0 N–H and O–H groups in total. The van der Waals surface area contributed by atoms with Gasteiger partial charge in [0.05, 0.1) is 30.8 Å². The third-order valence-corrected chi connectivity index (χ3v) is 4.65. The number of carbonyl (C=O) groups is 1. The fourth-order valence-corrected chi connectivity index (χ4v) is 2.88. The minimum absolute atomic E-state index is 0.0163. The van der Waals surface area contributed by atoms with Crippen molar-refractivity contribution in [2.24, 2.45) is 11.3 Å². The Labute approximate surface area is 120 Å². The number of hydrogen-bond acceptors (Lipinski definition) is 5. The van der Waals surface area contributed by atoms with E-state index in [4.69, 9.17) is 18.9 Å². The first-order chi connectivity index (χ1) is 9.23. The molecule has 2 saturated heterocycles. The Balaban J connectivity index is 2.19. The van der Waals surface area contributed by atoms with Gasteiger partial charge in [-0.15, -0.1) is 0 Å². The summed E-state index contributed by atoms with van der Waals surface area (Å²) in [6.45, 7) is 9.70. The maximum absolute atomic E-state index is 12.0. The highest BCUT2D eigenvalue weighted by Gasteiger charge is 2.56. The van der Waals surface area contributed by atoms with Gasteiger partial charge in [-0.1, -0.05) is 6.92 Å². The van der Waals surface area contributed by atoms with Crippen LogP contribution < -0.4 is 0 Å². The van der Waals surface area contributed by atoms with Gasteiger partial charge in [-0.05, 0) is 40.5 Å². The zero-order valence-corrected chi connectivity index (χ0v) is 13.3. The van der Waals surface area contributed by atoms with Crippen LogP contribution in [0.15, 0.2) is 0 Å². The topological polar surface area (TPSA) is 54.0 Å². The molecule has 116 valence electrons. The lowest BCUT2D eigenvalue weighted by Gasteiger charge is -2.45. The summed E-state index contributed by atoms with van der Waals surface area (Å²) in [5.74, 6) is -1.15. The summed E-state index contributed by atoms with van der Waals surface area (Å²) in [6, 6.07) is 0. The molecule has 2 heterocycles. The van der Waals surface area contributed by atoms with Crippen LogP contribution in [0.2, 0.25) is 0 Å². The highest BCUT2D eigenvalue weighted by Crippen LogP contribution is 2.46. The van der Waals surface area contributed by atoms with Gasteiger partial charge in [-0.3, -0.25) is 4.79 Å². The Morgan fingerprint density at radius 3 is 2.15 bits per heavy atom. The monoisotopic (exact) mass is 286 g/mol. The van der Waals surface area contributed by atoms with Crippen molar-refractivity contribution in [2.75, 3.05) is 7.11 Å². The average molecular weight is 286 g/mol. The Morgan fingerprint density at radius 1 is 1.10 bits per heavy atom. The van der Waals surface area contributed by atoms with Crippen LogP contribution in [0.5, 0.6) is 0 Å². The standard InChI is InChI=1S/C15H26O5/c1-9-7-8-12(14(4,5)13(16)17-6)20-15(9)18-10(2)11(3)19-15/h9-12H,7-8H2,1-6H3/t9-,10+,11+,12-/m0/s1. The van der Waals surface area contributed by atoms with E-state index in [1.165, 1.54) is 7.11 Å². The molecule has 4 atom stereocenters. The van der Waals surface area contributed by atoms with E-state index in [9.17, 15) is 4.79 Å². The van der Waals surface area contributed by atoms with Gasteiger partial charge in [0, 0.05) is 5.92 Å². The van der Waals surface area contributed by atoms with Crippen LogP contribution in [-0.2, 0) is 23.7 Å². The van der Waals surface area contributed by atoms with Gasteiger partial charge in [-0.25, -0.2) is 0 Å². The van der Waals surface area contributed by atoms with Crippen molar-refractivity contribution < 1.29 is 23.7 Å². The van der Waals surface area contributed by atoms with Crippen molar-refractivity contribution in [3.05, 3.63) is 0 Å². The van der Waals surface area contributed by atoms with Gasteiger partial charge in [0.15, 0.2) is 0 Å². The second kappa shape index (κ2) is 5.28. The molecule has 2 aliphatic rings. The van der Waals surface area contributed by atoms with Gasteiger partial charge in [0.2, 0.25) is 0 Å². The third-order valence-electron chi connectivity index (χ3n) is 4.65. The van der Waals surface area contributed by atoms with Gasteiger partial charge >= 0.3 is 5.97 Å². The molecule has 0 aliphatic carbocycles. The highest BCUT2D eigenvalue weighted by atomic mass is 16.9. The highest BCUT2D eigenvalue weighted by molar-refractivity contribution is 5.76. The first-order valence-corrected chi connectivity index (χ1v) is 7.35. The zero-order chi connectivity index (χ0) is 15.1. The van der Waals surface area contributed by atoms with Crippen molar-refractivity contribution in [2.45, 2.75) is 71.7 Å². The summed E-state index contributed by atoms with van der Waals surface area (Å²) in [6.07, 6.45) is 1.38. The molecule has 0 aromatic carbocycles. The van der Waals surface area contributed by atoms with Gasteiger partial charge in [0.25, 0.3) is 5.97 Å². The molecule has 0 radical (unpaired) electrons. The summed E-state index contributed by atoms with van der Waals surface area (Å²) in [7, 11) is 1.40. The van der Waals surface area contributed by atoms with Crippen LogP contribution in [0.1, 0.15) is 47.5 Å². The molecule has 0 aromatic heterocycles. The smallest absolute Gasteiger partial charge is 0.313 e. The Kier molecular flexibility index (Phi) is 4.15. The van der Waals surface area contributed by atoms with Crippen molar-refractivity contribution in [1.82, 2.24) is 0 Å². The fourth-order valence-electron chi connectivity index (χ4n) is 2.88. The van der Waals surface area contributed by atoms with Crippen molar-refractivity contribution in [1.29, 1.82) is 0 Å². The third kappa shape index (κ3) is 2.47. The van der Waals surface area contributed by atoms with Crippen molar-refractivity contribution in [3.8, 4) is 0 Å². The minimum atomic E-state index is -1.02. The van der Waals surface area contributed by atoms with E-state index < -0.39 is 11.4 Å². The molecule has 0 aromatic rings. The van der Waals surface area contributed by atoms with Gasteiger partial charge in [-0.2, -0.15) is 0 Å². The summed E-state index contributed by atoms with van der Waals surface area (Å²) in [5, 5.41) is 0. The first kappa shape index (κ1) is 15.7. The molecule has 2 rings (SSSR count). The molecule has 2 fully saturated rings. The lowest BCUT2D eigenvalue weighted by atomic mass is 9.80. The number of rotatable bonds is 2. The second-order valence-corrected chi connectivity index (χ2v) is 6.55. The van der Waals surface area contributed by atoms with E-state index >= 15 is 0 Å². The number of esters is 1. The SMILES string of the molecule is COC(=O)C(C)(C)[C@@H]1CC[C@H](C)C2(O1)O[C@H](C)[C@@H](C)O2. The minimum Gasteiger partial charge on any atom is -0.469 e. The number of methoxy groups -OCH3 is 1. The maximum Gasteiger partial charge on any atom is 0.313 e. The molecule has 5 heteroatoms. The lowest BCUT2D eigenvalue weighted by molar-refractivity contribution is -0.402. The second-order valence-electron chi connectivity index (χ2n) is 6.55. The van der Waals surface area contributed by atoms with E-state index in [0.29, 0.717) is 0 Å².